The Labute approximate surface area is 211 Å². The van der Waals surface area contributed by atoms with Crippen molar-refractivity contribution in [2.75, 3.05) is 31.5 Å². The standard InChI is InChI=1S/C23H21Cl3N4O4/c1-4-19(31)29-16-7-5-6-15(24)22(16)30-23-27-11-13(12-28-23)34-9-8-14-20(25)17(32-2)10-18(33-3)21(14)26/h4-7,10-12H,1,8-9H2,2-3H3,(H,29,31)(H,27,28,30). The Kier molecular flexibility index (Phi) is 8.81. The average molecular weight is 524 g/mol. The predicted octanol–water partition coefficient (Wildman–Crippen LogP) is 5.94. The lowest BCUT2D eigenvalue weighted by molar-refractivity contribution is -0.111. The number of aromatic nitrogens is 2. The van der Waals surface area contributed by atoms with Gasteiger partial charge in [0.2, 0.25) is 11.9 Å². The molecule has 0 radical (unpaired) electrons. The second-order valence-electron chi connectivity index (χ2n) is 6.71. The molecule has 34 heavy (non-hydrogen) atoms. The number of carbonyl (C=O) groups is 1. The van der Waals surface area contributed by atoms with Crippen LogP contribution in [-0.2, 0) is 11.2 Å². The molecule has 0 aliphatic heterocycles. The fraction of sp³-hybridized carbons (Fsp3) is 0.174. The zero-order chi connectivity index (χ0) is 24.7. The highest BCUT2D eigenvalue weighted by Crippen LogP contribution is 2.40. The molecule has 3 rings (SSSR count). The third kappa shape index (κ3) is 6.02. The topological polar surface area (TPSA) is 94.6 Å². The number of anilines is 3. The Hall–Kier alpha value is -3.20. The minimum Gasteiger partial charge on any atom is -0.495 e. The average Bonchev–Trinajstić information content (AvgIpc) is 2.84. The largest absolute Gasteiger partial charge is 0.495 e. The van der Waals surface area contributed by atoms with Gasteiger partial charge in [0, 0.05) is 18.1 Å². The third-order valence-electron chi connectivity index (χ3n) is 4.61. The summed E-state index contributed by atoms with van der Waals surface area (Å²) >= 11 is 19.1. The van der Waals surface area contributed by atoms with Crippen molar-refractivity contribution in [3.8, 4) is 17.2 Å². The fourth-order valence-electron chi connectivity index (χ4n) is 2.93. The smallest absolute Gasteiger partial charge is 0.247 e. The fourth-order valence-corrected chi connectivity index (χ4v) is 3.84. The first-order chi connectivity index (χ1) is 16.4. The summed E-state index contributed by atoms with van der Waals surface area (Å²) in [5.74, 6) is 1.24. The van der Waals surface area contributed by atoms with Gasteiger partial charge in [0.25, 0.3) is 0 Å². The molecule has 1 aromatic heterocycles. The van der Waals surface area contributed by atoms with E-state index in [-0.39, 0.29) is 18.5 Å². The highest BCUT2D eigenvalue weighted by Gasteiger charge is 2.17. The van der Waals surface area contributed by atoms with E-state index in [0.717, 1.165) is 6.08 Å². The van der Waals surface area contributed by atoms with Gasteiger partial charge in [0.1, 0.15) is 11.5 Å². The summed E-state index contributed by atoms with van der Waals surface area (Å²) in [6.45, 7) is 3.70. The van der Waals surface area contributed by atoms with E-state index in [9.17, 15) is 4.79 Å². The van der Waals surface area contributed by atoms with Crippen LogP contribution in [0.4, 0.5) is 17.3 Å². The molecule has 3 aromatic rings. The molecule has 11 heteroatoms. The van der Waals surface area contributed by atoms with Crippen LogP contribution >= 0.6 is 34.8 Å². The van der Waals surface area contributed by atoms with Gasteiger partial charge in [-0.3, -0.25) is 4.79 Å². The molecule has 1 heterocycles. The molecule has 8 nitrogen and oxygen atoms in total. The van der Waals surface area contributed by atoms with Gasteiger partial charge in [-0.1, -0.05) is 47.4 Å². The first-order valence-electron chi connectivity index (χ1n) is 9.90. The van der Waals surface area contributed by atoms with Crippen molar-refractivity contribution >= 4 is 58.0 Å². The van der Waals surface area contributed by atoms with Gasteiger partial charge in [0.05, 0.1) is 59.7 Å². The summed E-state index contributed by atoms with van der Waals surface area (Å²) in [4.78, 5) is 20.2. The van der Waals surface area contributed by atoms with Gasteiger partial charge >= 0.3 is 0 Å². The van der Waals surface area contributed by atoms with Gasteiger partial charge in [-0.25, -0.2) is 9.97 Å². The van der Waals surface area contributed by atoms with E-state index < -0.39 is 0 Å². The Morgan fingerprint density at radius 1 is 1.09 bits per heavy atom. The van der Waals surface area contributed by atoms with Crippen molar-refractivity contribution in [3.63, 3.8) is 0 Å². The van der Waals surface area contributed by atoms with Crippen LogP contribution in [0.5, 0.6) is 17.2 Å². The minimum atomic E-state index is -0.371. The maximum atomic E-state index is 11.7. The maximum Gasteiger partial charge on any atom is 0.247 e. The molecule has 0 spiro atoms. The number of nitrogens with one attached hydrogen (secondary N) is 2. The number of amides is 1. The zero-order valence-electron chi connectivity index (χ0n) is 18.3. The third-order valence-corrected chi connectivity index (χ3v) is 5.75. The van der Waals surface area contributed by atoms with Gasteiger partial charge in [-0.05, 0) is 18.2 Å². The van der Waals surface area contributed by atoms with Gasteiger partial charge < -0.3 is 24.8 Å². The molecule has 0 saturated heterocycles. The van der Waals surface area contributed by atoms with E-state index in [4.69, 9.17) is 49.0 Å². The molecular formula is C23H21Cl3N4O4. The first-order valence-corrected chi connectivity index (χ1v) is 11.0. The molecule has 0 atom stereocenters. The van der Waals surface area contributed by atoms with Crippen molar-refractivity contribution in [3.05, 3.63) is 69.9 Å². The highest BCUT2D eigenvalue weighted by molar-refractivity contribution is 6.38. The summed E-state index contributed by atoms with van der Waals surface area (Å²) in [5.41, 5.74) is 1.56. The molecule has 178 valence electrons. The molecule has 2 N–H and O–H groups in total. The van der Waals surface area contributed by atoms with Crippen molar-refractivity contribution in [2.45, 2.75) is 6.42 Å². The number of hydrogen-bond donors (Lipinski definition) is 2. The molecular weight excluding hydrogens is 503 g/mol. The summed E-state index contributed by atoms with van der Waals surface area (Å²) in [7, 11) is 3.03. The molecule has 0 saturated carbocycles. The van der Waals surface area contributed by atoms with E-state index in [2.05, 4.69) is 27.2 Å². The van der Waals surface area contributed by atoms with Crippen LogP contribution in [-0.4, -0.2) is 36.7 Å². The number of methoxy groups -OCH3 is 2. The maximum absolute atomic E-state index is 11.7. The number of carbonyl (C=O) groups excluding carboxylic acids is 1. The molecule has 0 fully saturated rings. The molecule has 0 unspecified atom stereocenters. The molecule has 0 bridgehead atoms. The normalized spacial score (nSPS) is 10.4. The Morgan fingerprint density at radius 3 is 2.32 bits per heavy atom. The quantitative estimate of drug-likeness (QED) is 0.317. The van der Waals surface area contributed by atoms with Crippen LogP contribution in [0, 0.1) is 0 Å². The summed E-state index contributed by atoms with van der Waals surface area (Å²) in [6.07, 6.45) is 4.57. The van der Waals surface area contributed by atoms with Crippen molar-refractivity contribution in [1.82, 2.24) is 9.97 Å². The summed E-state index contributed by atoms with van der Waals surface area (Å²) in [6, 6.07) is 6.70. The molecule has 1 amide bonds. The summed E-state index contributed by atoms with van der Waals surface area (Å²) in [5, 5.41) is 6.85. The number of hydrogen-bond acceptors (Lipinski definition) is 7. The van der Waals surface area contributed by atoms with Crippen molar-refractivity contribution in [2.24, 2.45) is 0 Å². The summed E-state index contributed by atoms with van der Waals surface area (Å²) < 4.78 is 16.3. The van der Waals surface area contributed by atoms with Crippen molar-refractivity contribution < 1.29 is 19.0 Å². The van der Waals surface area contributed by atoms with E-state index in [1.807, 2.05) is 0 Å². The van der Waals surface area contributed by atoms with Crippen LogP contribution in [0.25, 0.3) is 0 Å². The number of rotatable bonds is 10. The van der Waals surface area contributed by atoms with Crippen LogP contribution in [0.1, 0.15) is 5.56 Å². The van der Waals surface area contributed by atoms with Gasteiger partial charge in [0.15, 0.2) is 5.75 Å². The number of para-hydroxylation sites is 1. The minimum absolute atomic E-state index is 0.258. The predicted molar refractivity (Wildman–Crippen MR) is 134 cm³/mol. The number of ether oxygens (including phenoxy) is 3. The van der Waals surface area contributed by atoms with E-state index >= 15 is 0 Å². The van der Waals surface area contributed by atoms with Gasteiger partial charge in [-0.15, -0.1) is 0 Å². The SMILES string of the molecule is C=CC(=O)Nc1cccc(Cl)c1Nc1ncc(OCCc2c(Cl)c(OC)cc(OC)c2Cl)cn1. The Morgan fingerprint density at radius 2 is 1.74 bits per heavy atom. The van der Waals surface area contributed by atoms with E-state index in [1.54, 1.807) is 24.3 Å². The number of benzene rings is 2. The zero-order valence-corrected chi connectivity index (χ0v) is 20.6. The lowest BCUT2D eigenvalue weighted by atomic mass is 10.1. The van der Waals surface area contributed by atoms with Gasteiger partial charge in [-0.2, -0.15) is 0 Å². The van der Waals surface area contributed by atoms with Crippen molar-refractivity contribution in [1.29, 1.82) is 0 Å². The monoisotopic (exact) mass is 522 g/mol. The molecule has 0 aliphatic carbocycles. The lowest BCUT2D eigenvalue weighted by Crippen LogP contribution is -2.10. The second-order valence-corrected chi connectivity index (χ2v) is 7.87. The Balaban J connectivity index is 1.67. The van der Waals surface area contributed by atoms with E-state index in [0.29, 0.717) is 55.7 Å². The van der Waals surface area contributed by atoms with Crippen LogP contribution < -0.4 is 24.8 Å². The van der Waals surface area contributed by atoms with Crippen LogP contribution in [0.2, 0.25) is 15.1 Å². The second kappa shape index (κ2) is 11.8. The highest BCUT2D eigenvalue weighted by atomic mass is 35.5. The van der Waals surface area contributed by atoms with E-state index in [1.165, 1.54) is 26.6 Å². The van der Waals surface area contributed by atoms with Crippen LogP contribution in [0.3, 0.4) is 0 Å². The first kappa shape index (κ1) is 25.4. The van der Waals surface area contributed by atoms with Crippen LogP contribution in [0.15, 0.2) is 49.3 Å². The molecule has 0 aliphatic rings. The molecule has 2 aromatic carbocycles. The Bertz CT molecular complexity index is 1160. The lowest BCUT2D eigenvalue weighted by Gasteiger charge is -2.15. The number of halogens is 3. The number of nitrogens with zero attached hydrogens (tertiary/aromatic N) is 2.